The first kappa shape index (κ1) is 19.8. The molecule has 0 amide bonds. The van der Waals surface area contributed by atoms with Gasteiger partial charge in [0.15, 0.2) is 5.78 Å². The van der Waals surface area contributed by atoms with Gasteiger partial charge in [0.05, 0.1) is 0 Å². The average molecular weight is 294 g/mol. The molecular weight excluding hydrogens is 268 g/mol. The van der Waals surface area contributed by atoms with Crippen LogP contribution in [0.1, 0.15) is 41.5 Å². The SMILES string of the molecule is C#C/C(=C\C=C\C(=O)/C=C/C=C(\C#C)C(C)(C)C)C(C)(C)C. The standard InChI is InChI=1S/C21H26O/c1-9-17(20(3,4)5)13-11-15-19(22)16-12-14-18(10-2)21(6,7)8/h1-2,11-16H,3-8H3/b15-11+,16-12+,17-13+,18-14+. The van der Waals surface area contributed by atoms with Gasteiger partial charge in [-0.2, -0.15) is 0 Å². The molecule has 116 valence electrons. The predicted octanol–water partition coefficient (Wildman–Crippen LogP) is 4.88. The number of carbonyl (C=O) groups excluding carboxylic acids is 1. The van der Waals surface area contributed by atoms with Crippen LogP contribution in [0.15, 0.2) is 47.6 Å². The third-order valence-electron chi connectivity index (χ3n) is 2.97. The highest BCUT2D eigenvalue weighted by molar-refractivity contribution is 5.99. The maximum absolute atomic E-state index is 11.7. The number of allylic oxidation sites excluding steroid dienone is 8. The van der Waals surface area contributed by atoms with Crippen LogP contribution in [-0.2, 0) is 4.79 Å². The zero-order chi connectivity index (χ0) is 17.4. The molecule has 0 heterocycles. The van der Waals surface area contributed by atoms with Crippen molar-refractivity contribution in [2.45, 2.75) is 41.5 Å². The summed E-state index contributed by atoms with van der Waals surface area (Å²) in [6.45, 7) is 12.2. The van der Waals surface area contributed by atoms with Crippen molar-refractivity contribution in [2.75, 3.05) is 0 Å². The highest BCUT2D eigenvalue weighted by Gasteiger charge is 2.14. The van der Waals surface area contributed by atoms with Crippen molar-refractivity contribution in [3.63, 3.8) is 0 Å². The smallest absolute Gasteiger partial charge is 0.178 e. The summed E-state index contributed by atoms with van der Waals surface area (Å²) in [5.74, 6) is 5.19. The molecule has 0 aliphatic heterocycles. The number of rotatable bonds is 4. The number of terminal acetylenes is 2. The molecule has 0 radical (unpaired) electrons. The van der Waals surface area contributed by atoms with Crippen molar-refractivity contribution in [1.82, 2.24) is 0 Å². The third kappa shape index (κ3) is 7.51. The second-order valence-corrected chi connectivity index (χ2v) is 7.07. The van der Waals surface area contributed by atoms with Crippen molar-refractivity contribution in [3.05, 3.63) is 47.6 Å². The van der Waals surface area contributed by atoms with Gasteiger partial charge >= 0.3 is 0 Å². The highest BCUT2D eigenvalue weighted by atomic mass is 16.1. The molecule has 0 aliphatic carbocycles. The fraction of sp³-hybridized carbons (Fsp3) is 0.381. The minimum Gasteiger partial charge on any atom is -0.290 e. The van der Waals surface area contributed by atoms with Crippen LogP contribution in [0.2, 0.25) is 0 Å². The first-order valence-electron chi connectivity index (χ1n) is 7.27. The molecule has 0 aromatic heterocycles. The Balaban J connectivity index is 4.93. The van der Waals surface area contributed by atoms with Crippen LogP contribution in [0.3, 0.4) is 0 Å². The number of ketones is 1. The predicted molar refractivity (Wildman–Crippen MR) is 96.0 cm³/mol. The molecule has 1 nitrogen and oxygen atoms in total. The van der Waals surface area contributed by atoms with E-state index in [1.165, 1.54) is 12.2 Å². The van der Waals surface area contributed by atoms with Gasteiger partial charge in [0.25, 0.3) is 0 Å². The quantitative estimate of drug-likeness (QED) is 0.410. The van der Waals surface area contributed by atoms with Crippen molar-refractivity contribution >= 4 is 5.78 Å². The van der Waals surface area contributed by atoms with Gasteiger partial charge in [0, 0.05) is 11.1 Å². The molecule has 0 saturated carbocycles. The van der Waals surface area contributed by atoms with Gasteiger partial charge in [-0.1, -0.05) is 65.5 Å². The van der Waals surface area contributed by atoms with Crippen LogP contribution in [-0.4, -0.2) is 5.78 Å². The lowest BCUT2D eigenvalue weighted by atomic mass is 9.86. The van der Waals surface area contributed by atoms with Crippen LogP contribution in [0.4, 0.5) is 0 Å². The van der Waals surface area contributed by atoms with E-state index in [-0.39, 0.29) is 16.6 Å². The number of hydrogen-bond acceptors (Lipinski definition) is 1. The molecule has 1 heteroatoms. The summed E-state index contributed by atoms with van der Waals surface area (Å²) in [6.07, 6.45) is 20.9. The van der Waals surface area contributed by atoms with Crippen LogP contribution in [0.25, 0.3) is 0 Å². The van der Waals surface area contributed by atoms with E-state index in [0.29, 0.717) is 0 Å². The van der Waals surface area contributed by atoms with Crippen molar-refractivity contribution in [1.29, 1.82) is 0 Å². The zero-order valence-corrected chi connectivity index (χ0v) is 14.5. The Morgan fingerprint density at radius 1 is 0.773 bits per heavy atom. The van der Waals surface area contributed by atoms with E-state index in [2.05, 4.69) is 11.8 Å². The molecule has 0 rings (SSSR count). The second-order valence-electron chi connectivity index (χ2n) is 7.07. The number of carbonyl (C=O) groups is 1. The van der Waals surface area contributed by atoms with Gasteiger partial charge in [-0.15, -0.1) is 12.8 Å². The van der Waals surface area contributed by atoms with Gasteiger partial charge < -0.3 is 0 Å². The van der Waals surface area contributed by atoms with E-state index in [4.69, 9.17) is 12.8 Å². The van der Waals surface area contributed by atoms with Gasteiger partial charge in [0.1, 0.15) is 0 Å². The molecule has 0 bridgehead atoms. The Kier molecular flexibility index (Phi) is 7.41. The van der Waals surface area contributed by atoms with E-state index in [1.807, 2.05) is 41.5 Å². The summed E-state index contributed by atoms with van der Waals surface area (Å²) in [5.41, 5.74) is 1.50. The van der Waals surface area contributed by atoms with Crippen LogP contribution in [0.5, 0.6) is 0 Å². The summed E-state index contributed by atoms with van der Waals surface area (Å²) < 4.78 is 0. The Morgan fingerprint density at radius 2 is 1.09 bits per heavy atom. The first-order chi connectivity index (χ1) is 10.0. The molecule has 0 N–H and O–H groups in total. The molecule has 0 saturated heterocycles. The van der Waals surface area contributed by atoms with Gasteiger partial charge in [-0.3, -0.25) is 4.79 Å². The van der Waals surface area contributed by atoms with Crippen LogP contribution >= 0.6 is 0 Å². The molecule has 0 aliphatic rings. The largest absolute Gasteiger partial charge is 0.290 e. The topological polar surface area (TPSA) is 17.1 Å². The Hall–Kier alpha value is -2.25. The molecule has 0 spiro atoms. The molecule has 0 aromatic carbocycles. The first-order valence-corrected chi connectivity index (χ1v) is 7.27. The monoisotopic (exact) mass is 294 g/mol. The minimum absolute atomic E-state index is 0.102. The maximum Gasteiger partial charge on any atom is 0.178 e. The molecule has 0 atom stereocenters. The molecule has 22 heavy (non-hydrogen) atoms. The van der Waals surface area contributed by atoms with Gasteiger partial charge in [-0.25, -0.2) is 0 Å². The summed E-state index contributed by atoms with van der Waals surface area (Å²) in [6, 6.07) is 0. The summed E-state index contributed by atoms with van der Waals surface area (Å²) in [4.78, 5) is 11.7. The Morgan fingerprint density at radius 3 is 1.32 bits per heavy atom. The summed E-state index contributed by atoms with van der Waals surface area (Å²) in [7, 11) is 0. The van der Waals surface area contributed by atoms with E-state index in [0.717, 1.165) is 11.1 Å². The van der Waals surface area contributed by atoms with Crippen molar-refractivity contribution in [2.24, 2.45) is 10.8 Å². The fourth-order valence-corrected chi connectivity index (χ4v) is 1.56. The summed E-state index contributed by atoms with van der Waals surface area (Å²) >= 11 is 0. The van der Waals surface area contributed by atoms with E-state index in [9.17, 15) is 4.79 Å². The lowest BCUT2D eigenvalue weighted by Gasteiger charge is -2.17. The average Bonchev–Trinajstić information content (AvgIpc) is 2.36. The maximum atomic E-state index is 11.7. The van der Waals surface area contributed by atoms with Crippen molar-refractivity contribution < 1.29 is 4.79 Å². The number of hydrogen-bond donors (Lipinski definition) is 0. The van der Waals surface area contributed by atoms with Crippen LogP contribution < -0.4 is 0 Å². The van der Waals surface area contributed by atoms with Crippen LogP contribution in [0, 0.1) is 35.5 Å². The van der Waals surface area contributed by atoms with E-state index in [1.54, 1.807) is 24.3 Å². The Bertz CT molecular complexity index is 540. The third-order valence-corrected chi connectivity index (χ3v) is 2.97. The van der Waals surface area contributed by atoms with E-state index >= 15 is 0 Å². The lowest BCUT2D eigenvalue weighted by molar-refractivity contribution is -0.110. The normalized spacial score (nSPS) is 14.2. The molecule has 0 aromatic rings. The van der Waals surface area contributed by atoms with Gasteiger partial charge in [0.2, 0.25) is 0 Å². The summed E-state index contributed by atoms with van der Waals surface area (Å²) in [5, 5.41) is 0. The highest BCUT2D eigenvalue weighted by Crippen LogP contribution is 2.24. The molecule has 0 unspecified atom stereocenters. The lowest BCUT2D eigenvalue weighted by Crippen LogP contribution is -2.07. The van der Waals surface area contributed by atoms with Gasteiger partial charge in [-0.05, 0) is 35.1 Å². The minimum atomic E-state index is -0.108. The fourth-order valence-electron chi connectivity index (χ4n) is 1.56. The Labute approximate surface area is 135 Å². The molecular formula is C21H26O. The van der Waals surface area contributed by atoms with Crippen molar-refractivity contribution in [3.8, 4) is 24.7 Å². The van der Waals surface area contributed by atoms with E-state index < -0.39 is 0 Å². The zero-order valence-electron chi connectivity index (χ0n) is 14.5. The molecule has 0 fully saturated rings. The second kappa shape index (κ2) is 8.26.